The number of fused-ring (bicyclic) bond motifs is 3. The summed E-state index contributed by atoms with van der Waals surface area (Å²) in [5.41, 5.74) is 11.8. The third-order valence-corrected chi connectivity index (χ3v) is 7.19. The summed E-state index contributed by atoms with van der Waals surface area (Å²) in [6.07, 6.45) is 4.48. The summed E-state index contributed by atoms with van der Waals surface area (Å²) in [6.45, 7) is 3.63. The van der Waals surface area contributed by atoms with Crippen molar-refractivity contribution < 1.29 is 9.13 Å². The second-order valence-corrected chi connectivity index (χ2v) is 9.16. The maximum atomic E-state index is 14.4. The van der Waals surface area contributed by atoms with Crippen LogP contribution in [-0.4, -0.2) is 41.1 Å². The minimum absolute atomic E-state index is 0.180. The molecule has 2 aromatic heterocycles. The molecule has 2 fully saturated rings. The number of nitrogens with one attached hydrogen (secondary N) is 1. The van der Waals surface area contributed by atoms with Gasteiger partial charge < -0.3 is 20.7 Å². The molecule has 2 aliphatic carbocycles. The first-order valence-electron chi connectivity index (χ1n) is 11.0. The molecule has 7 nitrogen and oxygen atoms in total. The summed E-state index contributed by atoms with van der Waals surface area (Å²) < 4.78 is 20.4. The fourth-order valence-corrected chi connectivity index (χ4v) is 5.19. The van der Waals surface area contributed by atoms with Gasteiger partial charge >= 0.3 is 6.01 Å². The largest absolute Gasteiger partial charge is 0.423 e. The summed E-state index contributed by atoms with van der Waals surface area (Å²) >= 11 is 0. The Kier molecular flexibility index (Phi) is 4.17. The Hall–Kier alpha value is -3.26. The predicted molar refractivity (Wildman–Crippen MR) is 121 cm³/mol. The Morgan fingerprint density at radius 1 is 1.25 bits per heavy atom. The van der Waals surface area contributed by atoms with E-state index < -0.39 is 0 Å². The topological polar surface area (TPSA) is 89.2 Å². The number of benzene rings is 1. The maximum absolute atomic E-state index is 14.4. The molecular weight excluding hydrogens is 407 g/mol. The predicted octanol–water partition coefficient (Wildman–Crippen LogP) is 3.65. The number of halogens is 1. The first-order chi connectivity index (χ1) is 15.5. The lowest BCUT2D eigenvalue weighted by Gasteiger charge is -2.60. The van der Waals surface area contributed by atoms with E-state index in [1.165, 1.54) is 6.07 Å². The average Bonchev–Trinajstić information content (AvgIpc) is 3.11. The van der Waals surface area contributed by atoms with E-state index in [-0.39, 0.29) is 23.3 Å². The van der Waals surface area contributed by atoms with E-state index >= 15 is 0 Å². The van der Waals surface area contributed by atoms with Crippen LogP contribution in [-0.2, 0) is 6.42 Å². The van der Waals surface area contributed by atoms with Gasteiger partial charge in [-0.1, -0.05) is 0 Å². The Bertz CT molecular complexity index is 1220. The van der Waals surface area contributed by atoms with Crippen LogP contribution in [0.5, 0.6) is 11.8 Å². The smallest absolute Gasteiger partial charge is 0.324 e. The van der Waals surface area contributed by atoms with Gasteiger partial charge in [0.05, 0.1) is 11.9 Å². The number of hydrogen-bond acceptors (Lipinski definition) is 7. The van der Waals surface area contributed by atoms with Crippen molar-refractivity contribution in [2.24, 2.45) is 11.1 Å². The molecule has 1 saturated heterocycles. The minimum atomic E-state index is -0.279. The lowest BCUT2D eigenvalue weighted by Crippen LogP contribution is -2.69. The van der Waals surface area contributed by atoms with Crippen molar-refractivity contribution in [3.63, 3.8) is 0 Å². The maximum Gasteiger partial charge on any atom is 0.324 e. The number of aryl methyl sites for hydroxylation is 1. The number of anilines is 2. The van der Waals surface area contributed by atoms with Gasteiger partial charge in [-0.05, 0) is 55.2 Å². The third-order valence-electron chi connectivity index (χ3n) is 7.19. The van der Waals surface area contributed by atoms with E-state index in [1.54, 1.807) is 19.3 Å². The summed E-state index contributed by atoms with van der Waals surface area (Å²) in [4.78, 5) is 16.0. The third kappa shape index (κ3) is 2.86. The van der Waals surface area contributed by atoms with E-state index in [0.717, 1.165) is 65.5 Å². The van der Waals surface area contributed by atoms with Crippen LogP contribution in [0.15, 0.2) is 30.5 Å². The number of ether oxygens (including phenoxy) is 1. The van der Waals surface area contributed by atoms with Gasteiger partial charge in [-0.15, -0.1) is 0 Å². The molecule has 3 heterocycles. The quantitative estimate of drug-likeness (QED) is 0.509. The molecule has 1 saturated carbocycles. The number of hydrogen-bond donors (Lipinski definition) is 2. The van der Waals surface area contributed by atoms with Gasteiger partial charge in [0, 0.05) is 55.0 Å². The van der Waals surface area contributed by atoms with Crippen molar-refractivity contribution in [1.29, 1.82) is 0 Å². The van der Waals surface area contributed by atoms with E-state index in [2.05, 4.69) is 15.2 Å². The molecule has 3 N–H and O–H groups in total. The highest BCUT2D eigenvalue weighted by atomic mass is 19.1. The standard InChI is InChI=1S/C24H25FN6O/c1-13-3-4-15(10-28-13)32-23-29-19-9-16-17(7-14(25)8-18(16)27-2)21(19)22(30-23)31-11-24(12-31)6-5-20(24)26/h3-4,7-8,10,20,27H,5-6,9,11-12,26H2,1-2H3. The lowest BCUT2D eigenvalue weighted by atomic mass is 9.60. The van der Waals surface area contributed by atoms with E-state index in [9.17, 15) is 4.39 Å². The second-order valence-electron chi connectivity index (χ2n) is 9.16. The number of nitrogens with zero attached hydrogens (tertiary/aromatic N) is 4. The highest BCUT2D eigenvalue weighted by Gasteiger charge is 2.54. The molecular formula is C24H25FN6O. The molecule has 0 bridgehead atoms. The fourth-order valence-electron chi connectivity index (χ4n) is 5.19. The van der Waals surface area contributed by atoms with Crippen LogP contribution in [0.3, 0.4) is 0 Å². The van der Waals surface area contributed by atoms with Crippen LogP contribution < -0.4 is 20.7 Å². The first-order valence-corrected chi connectivity index (χ1v) is 11.0. The van der Waals surface area contributed by atoms with E-state index in [1.807, 2.05) is 19.1 Å². The van der Waals surface area contributed by atoms with Gasteiger partial charge in [-0.25, -0.2) is 4.39 Å². The molecule has 32 heavy (non-hydrogen) atoms. The normalized spacial score (nSPS) is 19.8. The molecule has 3 aliphatic rings. The zero-order valence-electron chi connectivity index (χ0n) is 18.2. The first kappa shape index (κ1) is 19.4. The van der Waals surface area contributed by atoms with Crippen LogP contribution in [0.2, 0.25) is 0 Å². The molecule has 3 aromatic rings. The lowest BCUT2D eigenvalue weighted by molar-refractivity contribution is 0.0558. The Morgan fingerprint density at radius 2 is 2.09 bits per heavy atom. The van der Waals surface area contributed by atoms with Gasteiger partial charge in [0.2, 0.25) is 0 Å². The van der Waals surface area contributed by atoms with Crippen molar-refractivity contribution >= 4 is 11.5 Å². The van der Waals surface area contributed by atoms with Gasteiger partial charge in [0.25, 0.3) is 0 Å². The van der Waals surface area contributed by atoms with Crippen LogP contribution in [0.4, 0.5) is 15.9 Å². The van der Waals surface area contributed by atoms with Crippen LogP contribution in [0.25, 0.3) is 11.1 Å². The molecule has 1 unspecified atom stereocenters. The number of aromatic nitrogens is 3. The van der Waals surface area contributed by atoms with Crippen molar-refractivity contribution in [1.82, 2.24) is 15.0 Å². The molecule has 1 spiro atoms. The van der Waals surface area contributed by atoms with E-state index in [4.69, 9.17) is 20.4 Å². The molecule has 164 valence electrons. The zero-order valence-corrected chi connectivity index (χ0v) is 18.2. The van der Waals surface area contributed by atoms with Gasteiger partial charge in [0.1, 0.15) is 17.4 Å². The number of rotatable bonds is 4. The second kappa shape index (κ2) is 6.87. The van der Waals surface area contributed by atoms with Crippen molar-refractivity contribution in [2.45, 2.75) is 32.2 Å². The summed E-state index contributed by atoms with van der Waals surface area (Å²) in [5.74, 6) is 1.10. The highest BCUT2D eigenvalue weighted by molar-refractivity contribution is 5.88. The number of nitrogens with two attached hydrogens (primary N) is 1. The molecule has 6 rings (SSSR count). The minimum Gasteiger partial charge on any atom is -0.423 e. The molecule has 0 amide bonds. The Balaban J connectivity index is 1.43. The van der Waals surface area contributed by atoms with Crippen molar-refractivity contribution in [3.8, 4) is 22.9 Å². The highest BCUT2D eigenvalue weighted by Crippen LogP contribution is 2.52. The number of pyridine rings is 1. The molecule has 1 aliphatic heterocycles. The van der Waals surface area contributed by atoms with Gasteiger partial charge in [-0.2, -0.15) is 9.97 Å². The Labute approximate surface area is 185 Å². The van der Waals surface area contributed by atoms with Crippen LogP contribution in [0.1, 0.15) is 29.8 Å². The Morgan fingerprint density at radius 3 is 2.75 bits per heavy atom. The molecule has 1 aromatic carbocycles. The zero-order chi connectivity index (χ0) is 22.0. The average molecular weight is 433 g/mol. The molecule has 8 heteroatoms. The molecule has 1 atom stereocenters. The van der Waals surface area contributed by atoms with E-state index in [0.29, 0.717) is 12.2 Å². The summed E-state index contributed by atoms with van der Waals surface area (Å²) in [7, 11) is 1.81. The van der Waals surface area contributed by atoms with Crippen LogP contribution in [0, 0.1) is 18.2 Å². The van der Waals surface area contributed by atoms with Crippen molar-refractivity contribution in [3.05, 3.63) is 53.2 Å². The monoisotopic (exact) mass is 432 g/mol. The fraction of sp³-hybridized carbons (Fsp3) is 0.375. The summed E-state index contributed by atoms with van der Waals surface area (Å²) in [6, 6.07) is 7.38. The SMILES string of the molecule is CNc1cc(F)cc2c1Cc1nc(Oc3ccc(C)nc3)nc(N3CC4(CCC4N)C3)c1-2. The van der Waals surface area contributed by atoms with Gasteiger partial charge in [0.15, 0.2) is 0 Å². The van der Waals surface area contributed by atoms with Crippen LogP contribution >= 0.6 is 0 Å². The molecule has 0 radical (unpaired) electrons. The summed E-state index contributed by atoms with van der Waals surface area (Å²) in [5, 5.41) is 3.12. The van der Waals surface area contributed by atoms with Crippen molar-refractivity contribution in [2.75, 3.05) is 30.4 Å². The van der Waals surface area contributed by atoms with Gasteiger partial charge in [-0.3, -0.25) is 4.98 Å².